The van der Waals surface area contributed by atoms with Gasteiger partial charge in [0.2, 0.25) is 0 Å². The molecule has 1 heterocycles. The van der Waals surface area contributed by atoms with E-state index < -0.39 is 0 Å². The van der Waals surface area contributed by atoms with Gasteiger partial charge in [0.15, 0.2) is 0 Å². The van der Waals surface area contributed by atoms with Gasteiger partial charge in [-0.2, -0.15) is 0 Å². The number of hydrogen-bond donors (Lipinski definition) is 2. The van der Waals surface area contributed by atoms with E-state index in [1.807, 2.05) is 27.7 Å². The van der Waals surface area contributed by atoms with Gasteiger partial charge in [-0.15, -0.1) is 0 Å². The van der Waals surface area contributed by atoms with Crippen LogP contribution in [0.2, 0.25) is 0 Å². The van der Waals surface area contributed by atoms with Crippen LogP contribution in [0.15, 0.2) is 0 Å². The third-order valence-corrected chi connectivity index (χ3v) is 2.38. The molecule has 3 unspecified atom stereocenters. The molecule has 3 N–H and O–H groups in total. The minimum atomic E-state index is 0.466. The molecule has 12 heavy (non-hydrogen) atoms. The van der Waals surface area contributed by atoms with Crippen molar-refractivity contribution in [2.75, 3.05) is 6.54 Å². The van der Waals surface area contributed by atoms with E-state index in [0.29, 0.717) is 12.1 Å². The Labute approximate surface area is 76.9 Å². The van der Waals surface area contributed by atoms with E-state index in [1.165, 1.54) is 19.4 Å². The van der Waals surface area contributed by atoms with E-state index in [4.69, 9.17) is 5.73 Å². The first kappa shape index (κ1) is 11.9. The van der Waals surface area contributed by atoms with E-state index in [1.54, 1.807) is 0 Å². The quantitative estimate of drug-likeness (QED) is 0.584. The van der Waals surface area contributed by atoms with Crippen LogP contribution in [0.4, 0.5) is 0 Å². The largest absolute Gasteiger partial charge is 0.326 e. The fourth-order valence-electron chi connectivity index (χ4n) is 1.90. The molecule has 1 aliphatic heterocycles. The van der Waals surface area contributed by atoms with Crippen molar-refractivity contribution in [3.05, 3.63) is 0 Å². The zero-order chi connectivity index (χ0) is 9.56. The van der Waals surface area contributed by atoms with Crippen molar-refractivity contribution in [2.45, 2.75) is 52.6 Å². The second kappa shape index (κ2) is 6.44. The van der Waals surface area contributed by atoms with Crippen LogP contribution < -0.4 is 11.1 Å². The minimum absolute atomic E-state index is 0.466. The van der Waals surface area contributed by atoms with Crippen LogP contribution in [-0.2, 0) is 0 Å². The lowest BCUT2D eigenvalue weighted by Gasteiger charge is -2.17. The van der Waals surface area contributed by atoms with Crippen LogP contribution in [0.1, 0.15) is 40.5 Å². The van der Waals surface area contributed by atoms with Gasteiger partial charge in [-0.1, -0.05) is 27.7 Å². The van der Waals surface area contributed by atoms with E-state index in [2.05, 4.69) is 5.32 Å². The summed E-state index contributed by atoms with van der Waals surface area (Å²) in [7, 11) is 0. The van der Waals surface area contributed by atoms with Crippen molar-refractivity contribution in [1.82, 2.24) is 5.32 Å². The van der Waals surface area contributed by atoms with E-state index in [-0.39, 0.29) is 0 Å². The monoisotopic (exact) mass is 172 g/mol. The summed E-state index contributed by atoms with van der Waals surface area (Å²) < 4.78 is 0. The van der Waals surface area contributed by atoms with Crippen LogP contribution >= 0.6 is 0 Å². The Balaban J connectivity index is 0.000000269. The molecule has 74 valence electrons. The summed E-state index contributed by atoms with van der Waals surface area (Å²) >= 11 is 0. The van der Waals surface area contributed by atoms with Gasteiger partial charge in [0.05, 0.1) is 0 Å². The molecule has 2 fully saturated rings. The molecule has 0 aromatic rings. The Hall–Kier alpha value is -0.0800. The molecule has 3 atom stereocenters. The number of nitrogens with one attached hydrogen (secondary N) is 1. The second-order valence-corrected chi connectivity index (χ2v) is 3.02. The smallest absolute Gasteiger partial charge is 0.0222 e. The molecule has 1 saturated heterocycles. The molecule has 0 radical (unpaired) electrons. The summed E-state index contributed by atoms with van der Waals surface area (Å²) in [6.45, 7) is 9.22. The van der Waals surface area contributed by atoms with E-state index in [0.717, 1.165) is 5.92 Å². The van der Waals surface area contributed by atoms with Gasteiger partial charge in [-0.3, -0.25) is 0 Å². The van der Waals surface area contributed by atoms with Crippen molar-refractivity contribution in [2.24, 2.45) is 11.7 Å². The Kier molecular flexibility index (Phi) is 6.39. The highest BCUT2D eigenvalue weighted by Gasteiger charge is 2.36. The maximum Gasteiger partial charge on any atom is 0.0222 e. The number of nitrogens with two attached hydrogens (primary N) is 1. The highest BCUT2D eigenvalue weighted by Crippen LogP contribution is 2.29. The molecule has 2 nitrogen and oxygen atoms in total. The first-order valence-corrected chi connectivity index (χ1v) is 5.35. The fraction of sp³-hybridized carbons (Fsp3) is 1.00. The molecule has 0 aromatic heterocycles. The zero-order valence-corrected chi connectivity index (χ0v) is 8.93. The predicted octanol–water partition coefficient (Wildman–Crippen LogP) is 1.75. The van der Waals surface area contributed by atoms with E-state index in [9.17, 15) is 0 Å². The normalized spacial score (nSPS) is 36.2. The van der Waals surface area contributed by atoms with Crippen LogP contribution in [-0.4, -0.2) is 18.6 Å². The fourth-order valence-corrected chi connectivity index (χ4v) is 1.90. The third-order valence-electron chi connectivity index (χ3n) is 2.38. The van der Waals surface area contributed by atoms with Gasteiger partial charge < -0.3 is 11.1 Å². The topological polar surface area (TPSA) is 38.0 Å². The standard InChI is InChI=1S/C6H12N2.2C2H6/c7-5-1-4-2-6(5)8-3-4;2*1-2/h4-6,8H,1-3,7H2;2*1-2H3. The second-order valence-electron chi connectivity index (χ2n) is 3.02. The molecule has 0 aromatic carbocycles. The van der Waals surface area contributed by atoms with Crippen molar-refractivity contribution in [3.8, 4) is 0 Å². The lowest BCUT2D eigenvalue weighted by molar-refractivity contribution is 0.446. The Morgan fingerprint density at radius 1 is 1.08 bits per heavy atom. The van der Waals surface area contributed by atoms with Gasteiger partial charge in [0.25, 0.3) is 0 Å². The zero-order valence-electron chi connectivity index (χ0n) is 8.93. The van der Waals surface area contributed by atoms with Gasteiger partial charge in [-0.05, 0) is 25.3 Å². The Morgan fingerprint density at radius 2 is 1.67 bits per heavy atom. The molecular weight excluding hydrogens is 148 g/mol. The first-order valence-electron chi connectivity index (χ1n) is 5.35. The Bertz CT molecular complexity index is 102. The van der Waals surface area contributed by atoms with E-state index >= 15 is 0 Å². The van der Waals surface area contributed by atoms with Crippen molar-refractivity contribution in [1.29, 1.82) is 0 Å². The number of piperidine rings is 1. The summed E-state index contributed by atoms with van der Waals surface area (Å²) in [5.74, 6) is 0.912. The molecule has 1 aliphatic carbocycles. The molecule has 0 amide bonds. The number of hydrogen-bond acceptors (Lipinski definition) is 2. The minimum Gasteiger partial charge on any atom is -0.326 e. The maximum absolute atomic E-state index is 5.76. The highest BCUT2D eigenvalue weighted by molar-refractivity contribution is 4.97. The first-order chi connectivity index (χ1) is 5.86. The van der Waals surface area contributed by atoms with Gasteiger partial charge >= 0.3 is 0 Å². The lowest BCUT2D eigenvalue weighted by Crippen LogP contribution is -2.42. The lowest BCUT2D eigenvalue weighted by atomic mass is 10.1. The molecule has 2 rings (SSSR count). The summed E-state index contributed by atoms with van der Waals surface area (Å²) in [6, 6.07) is 1.13. The molecule has 1 saturated carbocycles. The molecule has 2 aliphatic rings. The molecular formula is C10H24N2. The summed E-state index contributed by atoms with van der Waals surface area (Å²) in [6.07, 6.45) is 2.60. The van der Waals surface area contributed by atoms with Crippen LogP contribution in [0.25, 0.3) is 0 Å². The number of fused-ring (bicyclic) bond motifs is 2. The van der Waals surface area contributed by atoms with Crippen LogP contribution in [0, 0.1) is 5.92 Å². The Morgan fingerprint density at radius 3 is 1.83 bits per heavy atom. The average Bonchev–Trinajstić information content (AvgIpc) is 2.72. The summed E-state index contributed by atoms with van der Waals surface area (Å²) in [5, 5.41) is 3.38. The predicted molar refractivity (Wildman–Crippen MR) is 55.2 cm³/mol. The molecule has 2 heteroatoms. The van der Waals surface area contributed by atoms with Gasteiger partial charge in [0.1, 0.15) is 0 Å². The van der Waals surface area contributed by atoms with Gasteiger partial charge in [0, 0.05) is 12.1 Å². The third kappa shape index (κ3) is 2.76. The molecule has 0 spiro atoms. The van der Waals surface area contributed by atoms with Crippen molar-refractivity contribution >= 4 is 0 Å². The number of rotatable bonds is 0. The van der Waals surface area contributed by atoms with Gasteiger partial charge in [-0.25, -0.2) is 0 Å². The van der Waals surface area contributed by atoms with Crippen molar-refractivity contribution in [3.63, 3.8) is 0 Å². The summed E-state index contributed by atoms with van der Waals surface area (Å²) in [5.41, 5.74) is 5.76. The average molecular weight is 172 g/mol. The highest BCUT2D eigenvalue weighted by atomic mass is 15.0. The SMILES string of the molecule is CC.CC.NC1CC2CNC1C2. The molecule has 2 bridgehead atoms. The van der Waals surface area contributed by atoms with Crippen LogP contribution in [0.3, 0.4) is 0 Å². The maximum atomic E-state index is 5.76. The van der Waals surface area contributed by atoms with Crippen LogP contribution in [0.5, 0.6) is 0 Å². The summed E-state index contributed by atoms with van der Waals surface area (Å²) in [4.78, 5) is 0. The van der Waals surface area contributed by atoms with Crippen molar-refractivity contribution < 1.29 is 0 Å².